The lowest BCUT2D eigenvalue weighted by molar-refractivity contribution is 0.876. The summed E-state index contributed by atoms with van der Waals surface area (Å²) in [6.45, 7) is 10.3. The lowest BCUT2D eigenvalue weighted by Gasteiger charge is -2.07. The van der Waals surface area contributed by atoms with Gasteiger partial charge in [0.2, 0.25) is 0 Å². The van der Waals surface area contributed by atoms with Crippen LogP contribution in [0.5, 0.6) is 0 Å². The maximum atomic E-state index is 4.36. The summed E-state index contributed by atoms with van der Waals surface area (Å²) in [6, 6.07) is 6.33. The minimum absolute atomic E-state index is 0.525. The van der Waals surface area contributed by atoms with E-state index in [2.05, 4.69) is 43.7 Å². The summed E-state index contributed by atoms with van der Waals surface area (Å²) in [5.74, 6) is 0.525. The van der Waals surface area contributed by atoms with E-state index in [0.29, 0.717) is 5.92 Å². The number of benzene rings is 1. The standard InChI is InChI=1S/C13H16N2/c1-9(2)11-6-5-7-13-12(11)8-14-15(13)10(3)4/h5-9H,3H2,1-2,4H3. The van der Waals surface area contributed by atoms with E-state index in [1.54, 1.807) is 0 Å². The number of nitrogens with zero attached hydrogens (tertiary/aromatic N) is 2. The summed E-state index contributed by atoms with van der Waals surface area (Å²) in [4.78, 5) is 0. The van der Waals surface area contributed by atoms with Crippen LogP contribution in [0, 0.1) is 0 Å². The van der Waals surface area contributed by atoms with Gasteiger partial charge in [0.1, 0.15) is 0 Å². The molecule has 0 N–H and O–H groups in total. The smallest absolute Gasteiger partial charge is 0.0739 e. The molecule has 0 fully saturated rings. The molecule has 2 heteroatoms. The number of aromatic nitrogens is 2. The Morgan fingerprint density at radius 2 is 2.13 bits per heavy atom. The van der Waals surface area contributed by atoms with Crippen molar-refractivity contribution in [3.8, 4) is 0 Å². The highest BCUT2D eigenvalue weighted by Crippen LogP contribution is 2.25. The number of hydrogen-bond acceptors (Lipinski definition) is 1. The first kappa shape index (κ1) is 9.97. The van der Waals surface area contributed by atoms with Crippen LogP contribution in [0.1, 0.15) is 32.3 Å². The van der Waals surface area contributed by atoms with Gasteiger partial charge in [-0.2, -0.15) is 5.10 Å². The van der Waals surface area contributed by atoms with Gasteiger partial charge >= 0.3 is 0 Å². The van der Waals surface area contributed by atoms with Gasteiger partial charge in [-0.15, -0.1) is 0 Å². The van der Waals surface area contributed by atoms with Crippen molar-refractivity contribution in [1.29, 1.82) is 0 Å². The third-order valence-corrected chi connectivity index (χ3v) is 2.63. The minimum Gasteiger partial charge on any atom is -0.238 e. The van der Waals surface area contributed by atoms with Gasteiger partial charge in [0, 0.05) is 11.1 Å². The summed E-state index contributed by atoms with van der Waals surface area (Å²) in [5, 5.41) is 5.59. The molecule has 1 aromatic carbocycles. The van der Waals surface area contributed by atoms with Crippen LogP contribution in [-0.2, 0) is 0 Å². The zero-order valence-electron chi connectivity index (χ0n) is 9.49. The van der Waals surface area contributed by atoms with Crippen molar-refractivity contribution in [1.82, 2.24) is 9.78 Å². The van der Waals surface area contributed by atoms with E-state index >= 15 is 0 Å². The zero-order chi connectivity index (χ0) is 11.0. The van der Waals surface area contributed by atoms with Crippen LogP contribution in [0.25, 0.3) is 16.6 Å². The largest absolute Gasteiger partial charge is 0.238 e. The first-order valence-electron chi connectivity index (χ1n) is 5.24. The van der Waals surface area contributed by atoms with Crippen LogP contribution in [0.15, 0.2) is 31.0 Å². The van der Waals surface area contributed by atoms with Gasteiger partial charge in [0.15, 0.2) is 0 Å². The molecule has 2 aromatic rings. The highest BCUT2D eigenvalue weighted by molar-refractivity contribution is 5.85. The summed E-state index contributed by atoms with van der Waals surface area (Å²) < 4.78 is 1.89. The van der Waals surface area contributed by atoms with Crippen LogP contribution >= 0.6 is 0 Å². The minimum atomic E-state index is 0.525. The predicted octanol–water partition coefficient (Wildman–Crippen LogP) is 3.65. The molecule has 1 heterocycles. The van der Waals surface area contributed by atoms with Crippen LogP contribution in [0.2, 0.25) is 0 Å². The van der Waals surface area contributed by atoms with Crippen molar-refractivity contribution in [2.75, 3.05) is 0 Å². The lowest BCUT2D eigenvalue weighted by atomic mass is 10.00. The Labute approximate surface area is 90.2 Å². The predicted molar refractivity (Wildman–Crippen MR) is 64.8 cm³/mol. The maximum absolute atomic E-state index is 4.36. The molecule has 0 amide bonds. The molecule has 0 aliphatic rings. The molecule has 15 heavy (non-hydrogen) atoms. The lowest BCUT2D eigenvalue weighted by Crippen LogP contribution is -1.94. The van der Waals surface area contributed by atoms with Crippen LogP contribution in [-0.4, -0.2) is 9.78 Å². The van der Waals surface area contributed by atoms with Crippen LogP contribution < -0.4 is 0 Å². The fourth-order valence-electron chi connectivity index (χ4n) is 1.88. The van der Waals surface area contributed by atoms with E-state index < -0.39 is 0 Å². The van der Waals surface area contributed by atoms with Gasteiger partial charge in [-0.1, -0.05) is 32.6 Å². The fraction of sp³-hybridized carbons (Fsp3) is 0.308. The summed E-state index contributed by atoms with van der Waals surface area (Å²) in [7, 11) is 0. The van der Waals surface area contributed by atoms with Crippen LogP contribution in [0.3, 0.4) is 0 Å². The van der Waals surface area contributed by atoms with Crippen molar-refractivity contribution in [2.45, 2.75) is 26.7 Å². The van der Waals surface area contributed by atoms with Gasteiger partial charge in [-0.25, -0.2) is 4.68 Å². The number of rotatable bonds is 2. The molecular weight excluding hydrogens is 184 g/mol. The average Bonchev–Trinajstić information content (AvgIpc) is 2.59. The molecule has 0 aliphatic carbocycles. The van der Waals surface area contributed by atoms with Gasteiger partial charge in [0.05, 0.1) is 11.7 Å². The molecule has 0 bridgehead atoms. The molecule has 0 saturated heterocycles. The zero-order valence-corrected chi connectivity index (χ0v) is 9.49. The summed E-state index contributed by atoms with van der Waals surface area (Å²) in [6.07, 6.45) is 1.93. The molecule has 0 unspecified atom stereocenters. The average molecular weight is 200 g/mol. The van der Waals surface area contributed by atoms with Crippen molar-refractivity contribution in [3.63, 3.8) is 0 Å². The normalized spacial score (nSPS) is 11.2. The first-order valence-corrected chi connectivity index (χ1v) is 5.24. The monoisotopic (exact) mass is 200 g/mol. The van der Waals surface area contributed by atoms with E-state index in [1.807, 2.05) is 17.8 Å². The number of fused-ring (bicyclic) bond motifs is 1. The highest BCUT2D eigenvalue weighted by atomic mass is 15.3. The summed E-state index contributed by atoms with van der Waals surface area (Å²) >= 11 is 0. The second-order valence-corrected chi connectivity index (χ2v) is 4.23. The molecule has 2 rings (SSSR count). The van der Waals surface area contributed by atoms with E-state index in [4.69, 9.17) is 0 Å². The van der Waals surface area contributed by atoms with Gasteiger partial charge in [-0.3, -0.25) is 0 Å². The van der Waals surface area contributed by atoms with Crippen molar-refractivity contribution < 1.29 is 0 Å². The van der Waals surface area contributed by atoms with E-state index in [-0.39, 0.29) is 0 Å². The van der Waals surface area contributed by atoms with Crippen LogP contribution in [0.4, 0.5) is 0 Å². The molecule has 0 saturated carbocycles. The Morgan fingerprint density at radius 1 is 1.40 bits per heavy atom. The van der Waals surface area contributed by atoms with Crippen molar-refractivity contribution >= 4 is 16.6 Å². The Bertz CT molecular complexity index is 506. The number of hydrogen-bond donors (Lipinski definition) is 0. The molecule has 0 atom stereocenters. The molecule has 0 radical (unpaired) electrons. The van der Waals surface area contributed by atoms with Crippen molar-refractivity contribution in [2.24, 2.45) is 0 Å². The Balaban J connectivity index is 2.74. The van der Waals surface area contributed by atoms with Crippen molar-refractivity contribution in [3.05, 3.63) is 36.5 Å². The second kappa shape index (κ2) is 3.54. The van der Waals surface area contributed by atoms with E-state index in [9.17, 15) is 0 Å². The Morgan fingerprint density at radius 3 is 2.73 bits per heavy atom. The second-order valence-electron chi connectivity index (χ2n) is 4.23. The first-order chi connectivity index (χ1) is 7.11. The highest BCUT2D eigenvalue weighted by Gasteiger charge is 2.09. The topological polar surface area (TPSA) is 17.8 Å². The van der Waals surface area contributed by atoms with Gasteiger partial charge in [-0.05, 0) is 24.5 Å². The molecule has 2 nitrogen and oxygen atoms in total. The van der Waals surface area contributed by atoms with E-state index in [1.165, 1.54) is 10.9 Å². The molecule has 0 spiro atoms. The molecule has 1 aromatic heterocycles. The molecule has 78 valence electrons. The Kier molecular flexibility index (Phi) is 2.35. The molecule has 0 aliphatic heterocycles. The van der Waals surface area contributed by atoms with Gasteiger partial charge in [0.25, 0.3) is 0 Å². The molecular formula is C13H16N2. The quantitative estimate of drug-likeness (QED) is 0.723. The maximum Gasteiger partial charge on any atom is 0.0739 e. The van der Waals surface area contributed by atoms with Gasteiger partial charge < -0.3 is 0 Å². The summed E-state index contributed by atoms with van der Waals surface area (Å²) in [5.41, 5.74) is 3.44. The number of allylic oxidation sites excluding steroid dienone is 1. The Hall–Kier alpha value is -1.57. The third kappa shape index (κ3) is 1.56. The SMILES string of the molecule is C=C(C)n1ncc2c(C(C)C)cccc21. The fourth-order valence-corrected chi connectivity index (χ4v) is 1.88. The van der Waals surface area contributed by atoms with E-state index in [0.717, 1.165) is 11.2 Å². The third-order valence-electron chi connectivity index (χ3n) is 2.63.